The summed E-state index contributed by atoms with van der Waals surface area (Å²) in [7, 11) is 0. The Hall–Kier alpha value is -3.46. The maximum atomic E-state index is 12.8. The first-order chi connectivity index (χ1) is 15.1. The average Bonchev–Trinajstić information content (AvgIpc) is 3.12. The number of carbonyl (C=O) groups is 2. The fourth-order valence-corrected chi connectivity index (χ4v) is 3.97. The van der Waals surface area contributed by atoms with E-state index in [0.717, 1.165) is 17.1 Å². The van der Waals surface area contributed by atoms with E-state index < -0.39 is 5.60 Å². The highest BCUT2D eigenvalue weighted by atomic mass is 16.3. The number of aliphatic hydroxyl groups is 1. The molecule has 32 heavy (non-hydrogen) atoms. The van der Waals surface area contributed by atoms with Crippen LogP contribution in [0.1, 0.15) is 48.3 Å². The van der Waals surface area contributed by atoms with Crippen LogP contribution in [0.4, 0.5) is 11.6 Å². The Morgan fingerprint density at radius 1 is 1.16 bits per heavy atom. The van der Waals surface area contributed by atoms with Crippen LogP contribution in [0.15, 0.2) is 36.4 Å². The summed E-state index contributed by atoms with van der Waals surface area (Å²) in [5.41, 5.74) is 7.13. The van der Waals surface area contributed by atoms with E-state index in [1.165, 1.54) is 0 Å². The van der Waals surface area contributed by atoms with Crippen LogP contribution >= 0.6 is 0 Å². The van der Waals surface area contributed by atoms with Crippen LogP contribution in [0.3, 0.4) is 0 Å². The van der Waals surface area contributed by atoms with Gasteiger partial charge < -0.3 is 21.1 Å². The molecular formula is C23H28N6O3. The fourth-order valence-electron chi connectivity index (χ4n) is 3.97. The molecule has 1 aliphatic rings. The number of primary amides is 1. The van der Waals surface area contributed by atoms with E-state index in [0.29, 0.717) is 43.0 Å². The van der Waals surface area contributed by atoms with Gasteiger partial charge in [0, 0.05) is 36.7 Å². The predicted octanol–water partition coefficient (Wildman–Crippen LogP) is 2.22. The lowest BCUT2D eigenvalue weighted by atomic mass is 9.96. The zero-order valence-electron chi connectivity index (χ0n) is 18.5. The highest BCUT2D eigenvalue weighted by Gasteiger charge is 2.25. The first kappa shape index (κ1) is 21.8. The van der Waals surface area contributed by atoms with E-state index in [9.17, 15) is 14.7 Å². The topological polar surface area (TPSA) is 126 Å². The van der Waals surface area contributed by atoms with Gasteiger partial charge in [0.05, 0.1) is 11.3 Å². The number of rotatable bonds is 5. The van der Waals surface area contributed by atoms with E-state index in [2.05, 4.69) is 20.3 Å². The number of carbonyl (C=O) groups excluding carboxylic acids is 2. The summed E-state index contributed by atoms with van der Waals surface area (Å²) in [5.74, 6) is 0.551. The molecule has 168 valence electrons. The van der Waals surface area contributed by atoms with Crippen molar-refractivity contribution in [1.82, 2.24) is 14.6 Å². The van der Waals surface area contributed by atoms with Gasteiger partial charge in [-0.25, -0.2) is 4.98 Å². The van der Waals surface area contributed by atoms with Crippen LogP contribution in [0.25, 0.3) is 5.65 Å². The molecule has 3 heterocycles. The number of amides is 2. The molecule has 1 fully saturated rings. The first-order valence-corrected chi connectivity index (χ1v) is 10.7. The number of fused-ring (bicyclic) bond motifs is 1. The number of nitrogens with one attached hydrogen (secondary N) is 1. The summed E-state index contributed by atoms with van der Waals surface area (Å²) >= 11 is 0. The van der Waals surface area contributed by atoms with Gasteiger partial charge in [0.1, 0.15) is 11.6 Å². The van der Waals surface area contributed by atoms with Crippen LogP contribution < -0.4 is 16.0 Å². The van der Waals surface area contributed by atoms with Crippen LogP contribution in [0, 0.1) is 12.8 Å². The van der Waals surface area contributed by atoms with Crippen molar-refractivity contribution in [1.29, 1.82) is 0 Å². The molecule has 1 aromatic carbocycles. The van der Waals surface area contributed by atoms with Gasteiger partial charge in [0.15, 0.2) is 5.65 Å². The molecule has 0 radical (unpaired) electrons. The molecule has 0 atom stereocenters. The molecule has 4 N–H and O–H groups in total. The molecular weight excluding hydrogens is 408 g/mol. The number of hydrogen-bond acceptors (Lipinski definition) is 6. The lowest BCUT2D eigenvalue weighted by molar-refractivity contribution is -0.122. The monoisotopic (exact) mass is 436 g/mol. The first-order valence-electron chi connectivity index (χ1n) is 10.7. The van der Waals surface area contributed by atoms with E-state index in [1.54, 1.807) is 48.7 Å². The Morgan fingerprint density at radius 3 is 2.41 bits per heavy atom. The zero-order valence-corrected chi connectivity index (χ0v) is 18.5. The molecule has 9 nitrogen and oxygen atoms in total. The number of anilines is 2. The average molecular weight is 437 g/mol. The van der Waals surface area contributed by atoms with Crippen LogP contribution in [0.2, 0.25) is 0 Å². The van der Waals surface area contributed by atoms with Gasteiger partial charge in [-0.2, -0.15) is 9.61 Å². The summed E-state index contributed by atoms with van der Waals surface area (Å²) in [5, 5.41) is 17.5. The second kappa shape index (κ2) is 8.23. The number of aromatic nitrogens is 3. The molecule has 1 saturated heterocycles. The van der Waals surface area contributed by atoms with Gasteiger partial charge in [-0.05, 0) is 51.3 Å². The third-order valence-corrected chi connectivity index (χ3v) is 5.85. The van der Waals surface area contributed by atoms with Crippen LogP contribution in [0.5, 0.6) is 0 Å². The predicted molar refractivity (Wildman–Crippen MR) is 121 cm³/mol. The summed E-state index contributed by atoms with van der Waals surface area (Å²) in [6, 6.07) is 10.5. The standard InChI is InChI=1S/C23H28N6O3/c1-14-12-19-25-18(26-22(31)16-4-6-17(7-5-16)23(2,3)32)13-20(29(19)27-14)28-10-8-15(9-11-28)21(24)30/h4-7,12-13,15,32H,8-11H2,1-3H3,(H2,24,30)(H,25,26,31). The molecule has 9 heteroatoms. The minimum Gasteiger partial charge on any atom is -0.386 e. The molecule has 2 amide bonds. The third-order valence-electron chi connectivity index (χ3n) is 5.85. The van der Waals surface area contributed by atoms with Crippen molar-refractivity contribution in [2.75, 3.05) is 23.3 Å². The molecule has 0 bridgehead atoms. The second-order valence-corrected chi connectivity index (χ2v) is 8.81. The van der Waals surface area contributed by atoms with Gasteiger partial charge in [0.2, 0.25) is 5.91 Å². The summed E-state index contributed by atoms with van der Waals surface area (Å²) in [6.45, 7) is 6.61. The number of nitrogens with zero attached hydrogens (tertiary/aromatic N) is 4. The summed E-state index contributed by atoms with van der Waals surface area (Å²) in [4.78, 5) is 31.0. The minimum absolute atomic E-state index is 0.117. The highest BCUT2D eigenvalue weighted by Crippen LogP contribution is 2.26. The Labute approximate surface area is 186 Å². The number of aryl methyl sites for hydroxylation is 1. The summed E-state index contributed by atoms with van der Waals surface area (Å²) in [6.07, 6.45) is 1.35. The number of benzene rings is 1. The van der Waals surface area contributed by atoms with Crippen molar-refractivity contribution in [3.05, 3.63) is 53.2 Å². The zero-order chi connectivity index (χ0) is 23.0. The third kappa shape index (κ3) is 4.43. The molecule has 0 unspecified atom stereocenters. The molecule has 0 aliphatic carbocycles. The number of nitrogens with two attached hydrogens (primary N) is 1. The van der Waals surface area contributed by atoms with Gasteiger partial charge in [-0.1, -0.05) is 12.1 Å². The Balaban J connectivity index is 1.59. The van der Waals surface area contributed by atoms with Crippen molar-refractivity contribution in [3.8, 4) is 0 Å². The number of hydrogen-bond donors (Lipinski definition) is 3. The van der Waals surface area contributed by atoms with Gasteiger partial charge in [-0.3, -0.25) is 9.59 Å². The van der Waals surface area contributed by atoms with E-state index in [-0.39, 0.29) is 17.7 Å². The largest absolute Gasteiger partial charge is 0.386 e. The SMILES string of the molecule is Cc1cc2nc(NC(=O)c3ccc(C(C)(C)O)cc3)cc(N3CCC(C(N)=O)CC3)n2n1. The van der Waals surface area contributed by atoms with E-state index >= 15 is 0 Å². The molecule has 0 spiro atoms. The lowest BCUT2D eigenvalue weighted by Crippen LogP contribution is -2.39. The normalized spacial score (nSPS) is 15.2. The Morgan fingerprint density at radius 2 is 1.81 bits per heavy atom. The number of piperidine rings is 1. The van der Waals surface area contributed by atoms with Crippen LogP contribution in [-0.2, 0) is 10.4 Å². The van der Waals surface area contributed by atoms with Crippen molar-refractivity contribution in [2.24, 2.45) is 11.7 Å². The second-order valence-electron chi connectivity index (χ2n) is 8.81. The molecule has 2 aromatic heterocycles. The van der Waals surface area contributed by atoms with Crippen molar-refractivity contribution >= 4 is 29.1 Å². The van der Waals surface area contributed by atoms with Gasteiger partial charge >= 0.3 is 0 Å². The van der Waals surface area contributed by atoms with Crippen LogP contribution in [-0.4, -0.2) is 44.6 Å². The highest BCUT2D eigenvalue weighted by molar-refractivity contribution is 6.04. The minimum atomic E-state index is -0.974. The van der Waals surface area contributed by atoms with E-state index in [4.69, 9.17) is 5.73 Å². The molecule has 4 rings (SSSR count). The lowest BCUT2D eigenvalue weighted by Gasteiger charge is -2.32. The van der Waals surface area contributed by atoms with Gasteiger partial charge in [0.25, 0.3) is 5.91 Å². The van der Waals surface area contributed by atoms with Gasteiger partial charge in [-0.15, -0.1) is 0 Å². The molecule has 0 saturated carbocycles. The maximum Gasteiger partial charge on any atom is 0.256 e. The fraction of sp³-hybridized carbons (Fsp3) is 0.391. The Bertz CT molecular complexity index is 1150. The van der Waals surface area contributed by atoms with Crippen molar-refractivity contribution in [3.63, 3.8) is 0 Å². The van der Waals surface area contributed by atoms with Crippen molar-refractivity contribution in [2.45, 2.75) is 39.2 Å². The smallest absolute Gasteiger partial charge is 0.256 e. The molecule has 3 aromatic rings. The molecule has 1 aliphatic heterocycles. The quantitative estimate of drug-likeness (QED) is 0.563. The summed E-state index contributed by atoms with van der Waals surface area (Å²) < 4.78 is 1.76. The van der Waals surface area contributed by atoms with Crippen molar-refractivity contribution < 1.29 is 14.7 Å². The Kier molecular flexibility index (Phi) is 5.60. The van der Waals surface area contributed by atoms with E-state index in [1.807, 2.05) is 13.0 Å². The maximum absolute atomic E-state index is 12.8.